The molecule has 2 amide bonds. The molecule has 0 aromatic carbocycles. The quantitative estimate of drug-likeness (QED) is 0.569. The molecule has 0 saturated carbocycles. The van der Waals surface area contributed by atoms with E-state index in [1.807, 2.05) is 0 Å². The first-order valence-corrected chi connectivity index (χ1v) is 3.04. The Morgan fingerprint density at radius 3 is 1.00 bits per heavy atom. The van der Waals surface area contributed by atoms with Crippen LogP contribution in [0, 0.1) is 0 Å². The summed E-state index contributed by atoms with van der Waals surface area (Å²) >= 11 is 0. The Morgan fingerprint density at radius 1 is 0.688 bits per heavy atom. The summed E-state index contributed by atoms with van der Waals surface area (Å²) in [6.07, 6.45) is 0. The summed E-state index contributed by atoms with van der Waals surface area (Å²) in [5.41, 5.74) is 0. The van der Waals surface area contributed by atoms with Crippen molar-refractivity contribution in [1.82, 2.24) is 10.7 Å². The third kappa shape index (κ3) is 2.14. The molecule has 0 spiro atoms. The number of alkyl halides is 4. The van der Waals surface area contributed by atoms with Crippen LogP contribution in [0.1, 0.15) is 0 Å². The minimum atomic E-state index is -6.29. The lowest BCUT2D eigenvalue weighted by atomic mass is 10.1. The van der Waals surface area contributed by atoms with E-state index < -0.39 is 34.3 Å². The molecule has 0 unspecified atom stereocenters. The molecule has 0 aromatic heterocycles. The Bertz CT molecular complexity index is 272. The highest BCUT2D eigenvalue weighted by Gasteiger charge is 2.70. The molecule has 12 heteroatoms. The van der Waals surface area contributed by atoms with Crippen LogP contribution in [0.5, 0.6) is 0 Å². The first-order chi connectivity index (χ1) is 6.96. The molecule has 4 nitrogen and oxygen atoms in total. The summed E-state index contributed by atoms with van der Waals surface area (Å²) < 4.78 is 94.1. The van der Waals surface area contributed by atoms with Crippen molar-refractivity contribution in [1.29, 1.82) is 0 Å². The van der Waals surface area contributed by atoms with E-state index >= 15 is 0 Å². The van der Waals surface area contributed by atoms with Crippen molar-refractivity contribution in [2.24, 2.45) is 0 Å². The van der Waals surface area contributed by atoms with Crippen LogP contribution in [-0.4, -0.2) is 34.3 Å². The first kappa shape index (κ1) is 14.4. The van der Waals surface area contributed by atoms with Gasteiger partial charge < -0.3 is 0 Å². The van der Waals surface area contributed by atoms with Gasteiger partial charge in [0.05, 0.1) is 0 Å². The molecule has 0 aliphatic rings. The molecule has 0 rings (SSSR count). The molecule has 0 radical (unpaired) electrons. The monoisotopic (exact) mass is 260 g/mol. The maximum Gasteiger partial charge on any atom is 0.401 e. The van der Waals surface area contributed by atoms with Gasteiger partial charge in [-0.05, 0) is 0 Å². The highest BCUT2D eigenvalue weighted by atomic mass is 19.4. The largest absolute Gasteiger partial charge is 0.401 e. The fraction of sp³-hybridized carbons (Fsp3) is 0.500. The van der Waals surface area contributed by atoms with Gasteiger partial charge in [-0.1, -0.05) is 17.9 Å². The second-order valence-corrected chi connectivity index (χ2v) is 2.22. The van der Waals surface area contributed by atoms with Crippen molar-refractivity contribution in [3.05, 3.63) is 0 Å². The average molecular weight is 260 g/mol. The van der Waals surface area contributed by atoms with Crippen LogP contribution < -0.4 is 0 Å². The van der Waals surface area contributed by atoms with Gasteiger partial charge in [-0.2, -0.15) is 17.6 Å². The third-order valence-corrected chi connectivity index (χ3v) is 1.24. The number of carbonyl (C=O) groups excluding carboxylic acids is 2. The number of rotatable bonds is 3. The van der Waals surface area contributed by atoms with E-state index in [4.69, 9.17) is 0 Å². The maximum atomic E-state index is 12.3. The Balaban J connectivity index is 5.29. The normalized spacial score (nSPS) is 12.2. The number of carbonyl (C=O) groups is 2. The molecule has 0 aliphatic heterocycles. The minimum absolute atomic E-state index is 2.94. The molecule has 94 valence electrons. The summed E-state index contributed by atoms with van der Waals surface area (Å²) in [5, 5.41) is -5.88. The Morgan fingerprint density at radius 2 is 0.875 bits per heavy atom. The topological polar surface area (TPSA) is 40.6 Å². The maximum absolute atomic E-state index is 12.3. The molecular weight excluding hydrogens is 260 g/mol. The molecule has 0 aliphatic carbocycles. The van der Waals surface area contributed by atoms with Crippen LogP contribution in [0.2, 0.25) is 0 Å². The first-order valence-electron chi connectivity index (χ1n) is 3.04. The fourth-order valence-corrected chi connectivity index (χ4v) is 0.481. The smallest absolute Gasteiger partial charge is 0.262 e. The fourth-order valence-electron chi connectivity index (χ4n) is 0.481. The summed E-state index contributed by atoms with van der Waals surface area (Å²) in [5.74, 6) is -20.1. The second-order valence-electron chi connectivity index (χ2n) is 2.22. The summed E-state index contributed by atoms with van der Waals surface area (Å²) in [4.78, 5) is 19.7. The van der Waals surface area contributed by atoms with Crippen molar-refractivity contribution < 1.29 is 45.1 Å². The number of halogens is 8. The van der Waals surface area contributed by atoms with Crippen LogP contribution in [0.25, 0.3) is 0 Å². The molecule has 0 bridgehead atoms. The Hall–Kier alpha value is -1.62. The van der Waals surface area contributed by atoms with Crippen LogP contribution in [-0.2, 0) is 9.59 Å². The molecule has 0 heterocycles. The second kappa shape index (κ2) is 4.09. The Kier molecular flexibility index (Phi) is 3.68. The lowest BCUT2D eigenvalue weighted by Crippen LogP contribution is -2.56. The van der Waals surface area contributed by atoms with E-state index in [0.717, 1.165) is 0 Å². The SMILES string of the molecule is O=C(N(F)F)C(F)(F)C(F)(F)C(=O)N(F)F. The van der Waals surface area contributed by atoms with Gasteiger partial charge in [0.1, 0.15) is 0 Å². The van der Waals surface area contributed by atoms with Gasteiger partial charge in [0.2, 0.25) is 0 Å². The average Bonchev–Trinajstić information content (AvgIpc) is 2.14. The van der Waals surface area contributed by atoms with E-state index in [1.54, 1.807) is 0 Å². The number of amides is 2. The molecule has 0 saturated heterocycles. The van der Waals surface area contributed by atoms with Crippen molar-refractivity contribution in [2.75, 3.05) is 0 Å². The summed E-state index contributed by atoms with van der Waals surface area (Å²) in [6.45, 7) is 0. The van der Waals surface area contributed by atoms with Crippen LogP contribution >= 0.6 is 0 Å². The van der Waals surface area contributed by atoms with Crippen molar-refractivity contribution in [3.63, 3.8) is 0 Å². The number of hydrogen-bond donors (Lipinski definition) is 0. The predicted octanol–water partition coefficient (Wildman–Crippen LogP) is 1.45. The minimum Gasteiger partial charge on any atom is -0.262 e. The van der Waals surface area contributed by atoms with Crippen LogP contribution in [0.15, 0.2) is 0 Å². The predicted molar refractivity (Wildman–Crippen MR) is 28.0 cm³/mol. The van der Waals surface area contributed by atoms with Crippen molar-refractivity contribution >= 4 is 11.8 Å². The zero-order valence-electron chi connectivity index (χ0n) is 6.73. The highest BCUT2D eigenvalue weighted by molar-refractivity contribution is 5.93. The molecule has 16 heavy (non-hydrogen) atoms. The van der Waals surface area contributed by atoms with Crippen LogP contribution in [0.4, 0.5) is 35.5 Å². The van der Waals surface area contributed by atoms with E-state index in [-0.39, 0.29) is 0 Å². The molecular formula is C4F8N2O2. The van der Waals surface area contributed by atoms with Crippen LogP contribution in [0.3, 0.4) is 0 Å². The van der Waals surface area contributed by atoms with E-state index in [1.165, 1.54) is 0 Å². The molecule has 0 fully saturated rings. The van der Waals surface area contributed by atoms with E-state index in [2.05, 4.69) is 0 Å². The van der Waals surface area contributed by atoms with Crippen molar-refractivity contribution in [2.45, 2.75) is 11.8 Å². The van der Waals surface area contributed by atoms with Gasteiger partial charge in [-0.25, -0.2) is 0 Å². The third-order valence-electron chi connectivity index (χ3n) is 1.24. The van der Waals surface area contributed by atoms with Gasteiger partial charge in [0, 0.05) is 10.7 Å². The highest BCUT2D eigenvalue weighted by Crippen LogP contribution is 2.37. The molecule has 0 atom stereocenters. The Labute approximate surface area is 80.7 Å². The van der Waals surface area contributed by atoms with Gasteiger partial charge in [-0.15, -0.1) is 0 Å². The molecule has 0 N–H and O–H groups in total. The van der Waals surface area contributed by atoms with Gasteiger partial charge in [0.15, 0.2) is 0 Å². The number of hydrogen-bond acceptors (Lipinski definition) is 2. The number of nitrogens with zero attached hydrogens (tertiary/aromatic N) is 2. The van der Waals surface area contributed by atoms with E-state index in [0.29, 0.717) is 0 Å². The lowest BCUT2D eigenvalue weighted by Gasteiger charge is -2.22. The summed E-state index contributed by atoms with van der Waals surface area (Å²) in [7, 11) is 0. The zero-order valence-corrected chi connectivity index (χ0v) is 6.73. The van der Waals surface area contributed by atoms with Crippen molar-refractivity contribution in [3.8, 4) is 0 Å². The summed E-state index contributed by atoms with van der Waals surface area (Å²) in [6, 6.07) is 0. The molecule has 0 aromatic rings. The van der Waals surface area contributed by atoms with Gasteiger partial charge in [-0.3, -0.25) is 9.59 Å². The zero-order chi connectivity index (χ0) is 13.3. The van der Waals surface area contributed by atoms with E-state index in [9.17, 15) is 45.1 Å². The lowest BCUT2D eigenvalue weighted by molar-refractivity contribution is -0.265. The van der Waals surface area contributed by atoms with Gasteiger partial charge in [0.25, 0.3) is 0 Å². The standard InChI is InChI=1S/C4F8N2O2/c5-3(6,1(15)13(9)10)4(7,8)2(16)14(11)12. The van der Waals surface area contributed by atoms with Gasteiger partial charge >= 0.3 is 23.7 Å².